The molecule has 1 saturated heterocycles. The van der Waals surface area contributed by atoms with Gasteiger partial charge in [-0.2, -0.15) is 0 Å². The number of benzene rings is 1. The van der Waals surface area contributed by atoms with Crippen molar-refractivity contribution < 1.29 is 21.9 Å². The van der Waals surface area contributed by atoms with Gasteiger partial charge in [-0.05, 0) is 18.6 Å². The molecule has 4 nitrogen and oxygen atoms in total. The highest BCUT2D eigenvalue weighted by Gasteiger charge is 2.14. The molecule has 5 heteroatoms. The van der Waals surface area contributed by atoms with E-state index in [1.54, 1.807) is 0 Å². The minimum atomic E-state index is 0. The highest BCUT2D eigenvalue weighted by Crippen LogP contribution is 2.12. The van der Waals surface area contributed by atoms with Gasteiger partial charge in [-0.15, -0.1) is 0 Å². The van der Waals surface area contributed by atoms with Crippen LogP contribution in [0, 0.1) is 6.92 Å². The molecule has 0 atom stereocenters. The molecule has 0 bridgehead atoms. The Bertz CT molecular complexity index is 392. The molecule has 0 unspecified atom stereocenters. The van der Waals surface area contributed by atoms with Gasteiger partial charge in [0.1, 0.15) is 0 Å². The van der Waals surface area contributed by atoms with Gasteiger partial charge in [-0.3, -0.25) is 9.69 Å². The van der Waals surface area contributed by atoms with E-state index in [9.17, 15) is 4.79 Å². The van der Waals surface area contributed by atoms with Gasteiger partial charge in [0.25, 0.3) is 0 Å². The van der Waals surface area contributed by atoms with Crippen LogP contribution in [-0.4, -0.2) is 43.7 Å². The number of anilines is 1. The number of morpholine rings is 1. The van der Waals surface area contributed by atoms with Crippen LogP contribution in [0.5, 0.6) is 0 Å². The molecule has 1 N–H and O–H groups in total. The quantitative estimate of drug-likeness (QED) is 0.709. The summed E-state index contributed by atoms with van der Waals surface area (Å²) in [6.07, 6.45) is 0. The van der Waals surface area contributed by atoms with Gasteiger partial charge in [-0.25, -0.2) is 0 Å². The van der Waals surface area contributed by atoms with Crippen molar-refractivity contribution in [3.63, 3.8) is 0 Å². The zero-order chi connectivity index (χ0) is 12.1. The highest BCUT2D eigenvalue weighted by molar-refractivity contribution is 5.92. The number of carbonyl (C=O) groups is 1. The second-order valence-corrected chi connectivity index (χ2v) is 4.25. The summed E-state index contributed by atoms with van der Waals surface area (Å²) in [5.74, 6) is 0.0428. The smallest absolute Gasteiger partial charge is 0.238 e. The van der Waals surface area contributed by atoms with Crippen LogP contribution in [-0.2, 0) is 9.53 Å². The van der Waals surface area contributed by atoms with Gasteiger partial charge in [0, 0.05) is 18.8 Å². The van der Waals surface area contributed by atoms with Crippen molar-refractivity contribution in [2.45, 2.75) is 6.92 Å². The summed E-state index contributed by atoms with van der Waals surface area (Å²) in [4.78, 5) is 13.9. The van der Waals surface area contributed by atoms with E-state index >= 15 is 0 Å². The van der Waals surface area contributed by atoms with E-state index < -0.39 is 0 Å². The molecule has 0 aliphatic carbocycles. The summed E-state index contributed by atoms with van der Waals surface area (Å²) in [5.41, 5.74) is 1.98. The van der Waals surface area contributed by atoms with Gasteiger partial charge in [0.15, 0.2) is 0 Å². The maximum absolute atomic E-state index is 11.8. The number of ether oxygens (including phenoxy) is 1. The van der Waals surface area contributed by atoms with Crippen LogP contribution in [0.3, 0.4) is 0 Å². The van der Waals surface area contributed by atoms with Gasteiger partial charge < -0.3 is 22.5 Å². The molecular weight excluding hydrogens is 252 g/mol. The third-order valence-corrected chi connectivity index (χ3v) is 2.89. The Balaban J connectivity index is 0.00000162. The first-order valence-corrected chi connectivity index (χ1v) is 5.91. The number of amides is 1. The fraction of sp³-hybridized carbons (Fsp3) is 0.462. The van der Waals surface area contributed by atoms with Crippen LogP contribution < -0.4 is 17.7 Å². The average molecular weight is 270 g/mol. The molecule has 1 aliphatic rings. The first kappa shape index (κ1) is 15.0. The zero-order valence-corrected chi connectivity index (χ0v) is 11.2. The second-order valence-electron chi connectivity index (χ2n) is 4.25. The summed E-state index contributed by atoms with van der Waals surface area (Å²) in [6, 6.07) is 7.81. The maximum atomic E-state index is 11.8. The number of hydrogen-bond donors (Lipinski definition) is 1. The third-order valence-electron chi connectivity index (χ3n) is 2.89. The van der Waals surface area contributed by atoms with E-state index in [-0.39, 0.29) is 18.3 Å². The number of aryl methyl sites for hydroxylation is 1. The van der Waals surface area contributed by atoms with Crippen molar-refractivity contribution in [3.05, 3.63) is 29.8 Å². The Morgan fingerprint density at radius 2 is 2.00 bits per heavy atom. The van der Waals surface area contributed by atoms with Crippen LogP contribution in [0.4, 0.5) is 5.69 Å². The Hall–Kier alpha value is -1.10. The predicted octanol–water partition coefficient (Wildman–Crippen LogP) is -1.73. The predicted molar refractivity (Wildman–Crippen MR) is 67.1 cm³/mol. The topological polar surface area (TPSA) is 41.6 Å². The highest BCUT2D eigenvalue weighted by atomic mass is 35.5. The fourth-order valence-electron chi connectivity index (χ4n) is 1.87. The number of nitrogens with zero attached hydrogens (tertiary/aromatic N) is 1. The summed E-state index contributed by atoms with van der Waals surface area (Å²) in [5, 5.41) is 2.94. The lowest BCUT2D eigenvalue weighted by Crippen LogP contribution is -3.00. The zero-order valence-electron chi connectivity index (χ0n) is 10.5. The normalized spacial score (nSPS) is 15.8. The van der Waals surface area contributed by atoms with Gasteiger partial charge in [0.05, 0.1) is 19.8 Å². The number of para-hydroxylation sites is 1. The van der Waals surface area contributed by atoms with Crippen molar-refractivity contribution in [2.75, 3.05) is 38.2 Å². The van der Waals surface area contributed by atoms with Crippen LogP contribution in [0.1, 0.15) is 5.56 Å². The lowest BCUT2D eigenvalue weighted by molar-refractivity contribution is -0.118. The van der Waals surface area contributed by atoms with Crippen molar-refractivity contribution in [3.8, 4) is 0 Å². The maximum Gasteiger partial charge on any atom is 0.238 e. The molecule has 1 heterocycles. The van der Waals surface area contributed by atoms with Crippen LogP contribution in [0.2, 0.25) is 0 Å². The van der Waals surface area contributed by atoms with Crippen molar-refractivity contribution in [2.24, 2.45) is 0 Å². The fourth-order valence-corrected chi connectivity index (χ4v) is 1.87. The third kappa shape index (κ3) is 4.29. The van der Waals surface area contributed by atoms with Gasteiger partial charge >= 0.3 is 0 Å². The summed E-state index contributed by atoms with van der Waals surface area (Å²) >= 11 is 0. The molecule has 100 valence electrons. The standard InChI is InChI=1S/C13H18N2O2.ClH/c1-11-4-2-3-5-12(11)14-13(16)10-15-6-8-17-9-7-15;/h2-5H,6-10H2,1H3,(H,14,16);1H/p-1. The minimum absolute atomic E-state index is 0. The summed E-state index contributed by atoms with van der Waals surface area (Å²) < 4.78 is 5.25. The Morgan fingerprint density at radius 1 is 1.33 bits per heavy atom. The van der Waals surface area contributed by atoms with Crippen molar-refractivity contribution >= 4 is 11.6 Å². The molecule has 1 amide bonds. The molecule has 18 heavy (non-hydrogen) atoms. The van der Waals surface area contributed by atoms with E-state index in [0.29, 0.717) is 6.54 Å². The van der Waals surface area contributed by atoms with Crippen LogP contribution in [0.25, 0.3) is 0 Å². The largest absolute Gasteiger partial charge is 1.00 e. The molecule has 1 aliphatic heterocycles. The Labute approximate surface area is 114 Å². The van der Waals surface area contributed by atoms with E-state index in [0.717, 1.165) is 37.6 Å². The molecule has 0 spiro atoms. The van der Waals surface area contributed by atoms with E-state index in [1.165, 1.54) is 0 Å². The van der Waals surface area contributed by atoms with E-state index in [2.05, 4.69) is 10.2 Å². The van der Waals surface area contributed by atoms with Crippen molar-refractivity contribution in [1.29, 1.82) is 0 Å². The summed E-state index contributed by atoms with van der Waals surface area (Å²) in [6.45, 7) is 5.54. The number of hydrogen-bond acceptors (Lipinski definition) is 3. The molecule has 0 saturated carbocycles. The number of halogens is 1. The van der Waals surface area contributed by atoms with Crippen molar-refractivity contribution in [1.82, 2.24) is 4.90 Å². The molecular formula is C13H18ClN2O2-. The summed E-state index contributed by atoms with van der Waals surface area (Å²) in [7, 11) is 0. The number of rotatable bonds is 3. The Morgan fingerprint density at radius 3 is 2.67 bits per heavy atom. The second kappa shape index (κ2) is 7.36. The van der Waals surface area contributed by atoms with E-state index in [4.69, 9.17) is 4.74 Å². The average Bonchev–Trinajstić information content (AvgIpc) is 2.33. The first-order chi connectivity index (χ1) is 8.25. The molecule has 1 aromatic carbocycles. The molecule has 0 aromatic heterocycles. The molecule has 1 fully saturated rings. The number of nitrogens with one attached hydrogen (secondary N) is 1. The molecule has 2 rings (SSSR count). The van der Waals surface area contributed by atoms with Crippen LogP contribution >= 0.6 is 0 Å². The van der Waals surface area contributed by atoms with E-state index in [1.807, 2.05) is 31.2 Å². The van der Waals surface area contributed by atoms with Crippen LogP contribution in [0.15, 0.2) is 24.3 Å². The first-order valence-electron chi connectivity index (χ1n) is 5.91. The lowest BCUT2D eigenvalue weighted by atomic mass is 10.2. The monoisotopic (exact) mass is 269 g/mol. The molecule has 0 radical (unpaired) electrons. The Kier molecular flexibility index (Phi) is 6.12. The molecule has 1 aromatic rings. The minimum Gasteiger partial charge on any atom is -1.00 e. The van der Waals surface area contributed by atoms with Gasteiger partial charge in [-0.1, -0.05) is 18.2 Å². The lowest BCUT2D eigenvalue weighted by Gasteiger charge is -2.25. The van der Waals surface area contributed by atoms with Gasteiger partial charge in [0.2, 0.25) is 5.91 Å². The number of carbonyl (C=O) groups excluding carboxylic acids is 1. The SMILES string of the molecule is Cc1ccccc1NC(=O)CN1CCOCC1.[Cl-].